The topological polar surface area (TPSA) is 66.9 Å². The molecule has 0 bridgehead atoms. The molecule has 2 aliphatic heterocycles. The average molecular weight is 381 g/mol. The summed E-state index contributed by atoms with van der Waals surface area (Å²) in [6.45, 7) is 1.58. The Bertz CT molecular complexity index is 718. The Morgan fingerprint density at radius 3 is 2.54 bits per heavy atom. The van der Waals surface area contributed by atoms with Gasteiger partial charge in [-0.1, -0.05) is 25.0 Å². The average Bonchev–Trinajstić information content (AvgIpc) is 2.84. The van der Waals surface area contributed by atoms with Crippen molar-refractivity contribution in [3.63, 3.8) is 0 Å². The molecule has 26 heavy (non-hydrogen) atoms. The number of hydrogen-bond donors (Lipinski definition) is 0. The SMILES string of the molecule is COc1ccc(C2CCCCCN2C(=O)CCN2CCCS2(=O)=O)cc1. The molecule has 3 rings (SSSR count). The van der Waals surface area contributed by atoms with Crippen molar-refractivity contribution in [3.8, 4) is 5.75 Å². The van der Waals surface area contributed by atoms with E-state index in [2.05, 4.69) is 0 Å². The van der Waals surface area contributed by atoms with E-state index >= 15 is 0 Å². The van der Waals surface area contributed by atoms with E-state index in [9.17, 15) is 13.2 Å². The van der Waals surface area contributed by atoms with Crippen molar-refractivity contribution >= 4 is 15.9 Å². The molecule has 6 nitrogen and oxygen atoms in total. The zero-order valence-electron chi connectivity index (χ0n) is 15.4. The highest BCUT2D eigenvalue weighted by Gasteiger charge is 2.31. The van der Waals surface area contributed by atoms with Gasteiger partial charge >= 0.3 is 0 Å². The molecule has 0 aromatic heterocycles. The summed E-state index contributed by atoms with van der Waals surface area (Å²) in [6, 6.07) is 7.98. The number of benzene rings is 1. The van der Waals surface area contributed by atoms with Crippen LogP contribution in [-0.4, -0.2) is 56.0 Å². The number of hydrogen-bond acceptors (Lipinski definition) is 4. The van der Waals surface area contributed by atoms with Crippen LogP contribution in [0.25, 0.3) is 0 Å². The number of methoxy groups -OCH3 is 1. The van der Waals surface area contributed by atoms with Crippen molar-refractivity contribution < 1.29 is 17.9 Å². The molecule has 144 valence electrons. The van der Waals surface area contributed by atoms with Crippen LogP contribution in [0.5, 0.6) is 5.75 Å². The molecule has 1 atom stereocenters. The van der Waals surface area contributed by atoms with Crippen molar-refractivity contribution in [3.05, 3.63) is 29.8 Å². The number of amides is 1. The number of sulfonamides is 1. The summed E-state index contributed by atoms with van der Waals surface area (Å²) in [4.78, 5) is 14.9. The summed E-state index contributed by atoms with van der Waals surface area (Å²) < 4.78 is 30.6. The predicted molar refractivity (Wildman–Crippen MR) is 101 cm³/mol. The number of carbonyl (C=O) groups excluding carboxylic acids is 1. The van der Waals surface area contributed by atoms with Gasteiger partial charge in [-0.05, 0) is 37.0 Å². The van der Waals surface area contributed by atoms with Crippen LogP contribution in [0.1, 0.15) is 50.1 Å². The van der Waals surface area contributed by atoms with E-state index in [1.807, 2.05) is 29.2 Å². The van der Waals surface area contributed by atoms with Crippen LogP contribution in [0, 0.1) is 0 Å². The van der Waals surface area contributed by atoms with Gasteiger partial charge in [-0.3, -0.25) is 4.79 Å². The maximum atomic E-state index is 12.9. The highest BCUT2D eigenvalue weighted by Crippen LogP contribution is 2.31. The lowest BCUT2D eigenvalue weighted by Crippen LogP contribution is -2.37. The quantitative estimate of drug-likeness (QED) is 0.787. The Kier molecular flexibility index (Phi) is 6.19. The van der Waals surface area contributed by atoms with Crippen molar-refractivity contribution in [1.82, 2.24) is 9.21 Å². The van der Waals surface area contributed by atoms with Gasteiger partial charge in [-0.15, -0.1) is 0 Å². The Hall–Kier alpha value is -1.60. The Labute approximate surface area is 156 Å². The summed E-state index contributed by atoms with van der Waals surface area (Å²) in [7, 11) is -1.50. The maximum absolute atomic E-state index is 12.9. The number of carbonyl (C=O) groups is 1. The molecule has 1 aromatic rings. The first-order valence-corrected chi connectivity index (χ1v) is 11.0. The molecule has 2 saturated heterocycles. The highest BCUT2D eigenvalue weighted by atomic mass is 32.2. The van der Waals surface area contributed by atoms with Crippen LogP contribution in [0.2, 0.25) is 0 Å². The van der Waals surface area contributed by atoms with Crippen molar-refractivity contribution in [2.75, 3.05) is 32.5 Å². The summed E-state index contributed by atoms with van der Waals surface area (Å²) >= 11 is 0. The molecule has 0 saturated carbocycles. The largest absolute Gasteiger partial charge is 0.497 e. The van der Waals surface area contributed by atoms with E-state index in [-0.39, 0.29) is 24.1 Å². The van der Waals surface area contributed by atoms with Gasteiger partial charge in [0, 0.05) is 26.1 Å². The number of ether oxygens (including phenoxy) is 1. The Morgan fingerprint density at radius 2 is 1.88 bits per heavy atom. The fraction of sp³-hybridized carbons (Fsp3) is 0.632. The fourth-order valence-corrected chi connectivity index (χ4v) is 5.41. The molecule has 0 N–H and O–H groups in total. The third kappa shape index (κ3) is 4.38. The lowest BCUT2D eigenvalue weighted by molar-refractivity contribution is -0.133. The molecule has 1 aromatic carbocycles. The van der Waals surface area contributed by atoms with Gasteiger partial charge in [0.05, 0.1) is 18.9 Å². The number of likely N-dealkylation sites (tertiary alicyclic amines) is 1. The molecule has 0 radical (unpaired) electrons. The van der Waals surface area contributed by atoms with Crippen LogP contribution >= 0.6 is 0 Å². The summed E-state index contributed by atoms with van der Waals surface area (Å²) in [5.74, 6) is 1.06. The van der Waals surface area contributed by atoms with Crippen molar-refractivity contribution in [2.45, 2.75) is 44.6 Å². The lowest BCUT2D eigenvalue weighted by atomic mass is 10.0. The first kappa shape index (κ1) is 19.2. The Balaban J connectivity index is 1.70. The molecule has 0 aliphatic carbocycles. The van der Waals surface area contributed by atoms with Gasteiger partial charge < -0.3 is 9.64 Å². The van der Waals surface area contributed by atoms with Crippen molar-refractivity contribution in [2.24, 2.45) is 0 Å². The second kappa shape index (κ2) is 8.39. The molecule has 7 heteroatoms. The number of nitrogens with zero attached hydrogens (tertiary/aromatic N) is 2. The number of rotatable bonds is 5. The molecule has 2 aliphatic rings. The second-order valence-electron chi connectivity index (χ2n) is 7.04. The lowest BCUT2D eigenvalue weighted by Gasteiger charge is -2.31. The third-order valence-corrected chi connectivity index (χ3v) is 7.31. The molecule has 2 fully saturated rings. The van der Waals surface area contributed by atoms with Gasteiger partial charge in [0.2, 0.25) is 15.9 Å². The minimum Gasteiger partial charge on any atom is -0.497 e. The first-order chi connectivity index (χ1) is 12.5. The summed E-state index contributed by atoms with van der Waals surface area (Å²) in [5, 5.41) is 0. The van der Waals surface area contributed by atoms with Crippen LogP contribution in [-0.2, 0) is 14.8 Å². The van der Waals surface area contributed by atoms with E-state index in [0.717, 1.165) is 43.5 Å². The van der Waals surface area contributed by atoms with Gasteiger partial charge in [-0.25, -0.2) is 12.7 Å². The molecule has 1 amide bonds. The monoisotopic (exact) mass is 380 g/mol. The van der Waals surface area contributed by atoms with E-state index < -0.39 is 10.0 Å². The highest BCUT2D eigenvalue weighted by molar-refractivity contribution is 7.89. The predicted octanol–water partition coefficient (Wildman–Crippen LogP) is 2.56. The van der Waals surface area contributed by atoms with Gasteiger partial charge in [0.1, 0.15) is 5.75 Å². The minimum atomic E-state index is -3.15. The molecular formula is C19H28N2O4S. The Morgan fingerprint density at radius 1 is 1.12 bits per heavy atom. The molecule has 0 spiro atoms. The second-order valence-corrected chi connectivity index (χ2v) is 9.13. The minimum absolute atomic E-state index is 0.0508. The zero-order chi connectivity index (χ0) is 18.6. The van der Waals surface area contributed by atoms with Crippen LogP contribution in [0.15, 0.2) is 24.3 Å². The zero-order valence-corrected chi connectivity index (χ0v) is 16.2. The van der Waals surface area contributed by atoms with E-state index in [1.54, 1.807) is 7.11 Å². The van der Waals surface area contributed by atoms with E-state index in [4.69, 9.17) is 4.74 Å². The van der Waals surface area contributed by atoms with Crippen LogP contribution in [0.3, 0.4) is 0 Å². The molecule has 1 unspecified atom stereocenters. The smallest absolute Gasteiger partial charge is 0.224 e. The summed E-state index contributed by atoms with van der Waals surface area (Å²) in [6.07, 6.45) is 5.08. The van der Waals surface area contributed by atoms with Gasteiger partial charge in [-0.2, -0.15) is 0 Å². The summed E-state index contributed by atoms with van der Waals surface area (Å²) in [5.41, 5.74) is 1.12. The van der Waals surface area contributed by atoms with Crippen LogP contribution < -0.4 is 4.74 Å². The van der Waals surface area contributed by atoms with Gasteiger partial charge in [0.15, 0.2) is 0 Å². The van der Waals surface area contributed by atoms with Gasteiger partial charge in [0.25, 0.3) is 0 Å². The van der Waals surface area contributed by atoms with Crippen LogP contribution in [0.4, 0.5) is 0 Å². The maximum Gasteiger partial charge on any atom is 0.224 e. The fourth-order valence-electron chi connectivity index (χ4n) is 3.89. The normalized spacial score (nSPS) is 23.6. The molecule has 2 heterocycles. The standard InChI is InChI=1S/C19H28N2O4S/c1-25-17-9-7-16(8-10-17)18-6-3-2-4-13-21(18)19(22)11-14-20-12-5-15-26(20,23)24/h7-10,18H,2-6,11-15H2,1H3. The van der Waals surface area contributed by atoms with E-state index in [1.165, 1.54) is 4.31 Å². The van der Waals surface area contributed by atoms with E-state index in [0.29, 0.717) is 19.5 Å². The third-order valence-electron chi connectivity index (χ3n) is 5.35. The molecular weight excluding hydrogens is 352 g/mol. The first-order valence-electron chi connectivity index (χ1n) is 9.42. The van der Waals surface area contributed by atoms with Crippen molar-refractivity contribution in [1.29, 1.82) is 0 Å².